The van der Waals surface area contributed by atoms with E-state index in [-0.39, 0.29) is 25.4 Å². The number of aryl methyl sites for hydroxylation is 1. The molecule has 0 heterocycles. The van der Waals surface area contributed by atoms with Gasteiger partial charge in [-0.1, -0.05) is 54.1 Å². The number of carbonyl (C=O) groups excluding carboxylic acids is 3. The number of hydrogen-bond acceptors (Lipinski definition) is 5. The molecule has 0 amide bonds. The van der Waals surface area contributed by atoms with Gasteiger partial charge in [-0.05, 0) is 31.9 Å². The molecule has 0 saturated carbocycles. The highest BCUT2D eigenvalue weighted by Crippen LogP contribution is 2.49. The lowest BCUT2D eigenvalue weighted by atomic mass is 9.60. The molecule has 1 aliphatic rings. The molecule has 2 aromatic rings. The van der Waals surface area contributed by atoms with E-state index in [1.165, 1.54) is 0 Å². The number of Topliss-reactive ketones (excluding diaryl/α,β-unsaturated/α-hetero) is 1. The monoisotopic (exact) mass is 380 g/mol. The highest BCUT2D eigenvalue weighted by Gasteiger charge is 2.60. The molecule has 1 atom stereocenters. The number of ketones is 1. The zero-order valence-corrected chi connectivity index (χ0v) is 16.4. The smallest absolute Gasteiger partial charge is 0.328 e. The third kappa shape index (κ3) is 3.11. The van der Waals surface area contributed by atoms with Crippen LogP contribution in [0.1, 0.15) is 53.2 Å². The van der Waals surface area contributed by atoms with E-state index in [2.05, 4.69) is 0 Å². The van der Waals surface area contributed by atoms with Gasteiger partial charge in [-0.15, -0.1) is 0 Å². The van der Waals surface area contributed by atoms with Crippen molar-refractivity contribution in [2.75, 3.05) is 13.2 Å². The number of rotatable bonds is 5. The van der Waals surface area contributed by atoms with E-state index in [9.17, 15) is 14.4 Å². The minimum absolute atomic E-state index is 0.0259. The molecule has 1 aliphatic carbocycles. The van der Waals surface area contributed by atoms with Crippen LogP contribution in [-0.2, 0) is 24.5 Å². The van der Waals surface area contributed by atoms with Crippen molar-refractivity contribution in [3.63, 3.8) is 0 Å². The van der Waals surface area contributed by atoms with E-state index in [0.717, 1.165) is 11.1 Å². The second-order valence-corrected chi connectivity index (χ2v) is 6.89. The number of esters is 2. The molecule has 3 rings (SSSR count). The Morgan fingerprint density at radius 1 is 1.00 bits per heavy atom. The quantitative estimate of drug-likeness (QED) is 0.584. The predicted molar refractivity (Wildman–Crippen MR) is 104 cm³/mol. The molecule has 146 valence electrons. The zero-order valence-electron chi connectivity index (χ0n) is 16.4. The van der Waals surface area contributed by atoms with Gasteiger partial charge in [0.1, 0.15) is 0 Å². The van der Waals surface area contributed by atoms with Crippen LogP contribution < -0.4 is 0 Å². The first-order chi connectivity index (χ1) is 13.5. The summed E-state index contributed by atoms with van der Waals surface area (Å²) >= 11 is 0. The molecule has 28 heavy (non-hydrogen) atoms. The number of carbonyl (C=O) groups is 3. The average Bonchev–Trinajstić information content (AvgIpc) is 2.68. The van der Waals surface area contributed by atoms with Crippen molar-refractivity contribution in [3.05, 3.63) is 70.8 Å². The van der Waals surface area contributed by atoms with E-state index >= 15 is 0 Å². The van der Waals surface area contributed by atoms with Crippen LogP contribution in [0.15, 0.2) is 48.5 Å². The lowest BCUT2D eigenvalue weighted by Crippen LogP contribution is -2.54. The maximum atomic E-state index is 13.3. The van der Waals surface area contributed by atoms with Crippen LogP contribution in [0.5, 0.6) is 0 Å². The Kier molecular flexibility index (Phi) is 5.63. The Morgan fingerprint density at radius 2 is 1.64 bits per heavy atom. The summed E-state index contributed by atoms with van der Waals surface area (Å²) < 4.78 is 10.8. The van der Waals surface area contributed by atoms with Crippen LogP contribution >= 0.6 is 0 Å². The first-order valence-electron chi connectivity index (χ1n) is 9.50. The zero-order chi connectivity index (χ0) is 20.3. The number of hydrogen-bond donors (Lipinski definition) is 0. The second-order valence-electron chi connectivity index (χ2n) is 6.89. The molecule has 0 N–H and O–H groups in total. The Morgan fingerprint density at radius 3 is 2.25 bits per heavy atom. The van der Waals surface area contributed by atoms with Crippen molar-refractivity contribution in [2.45, 2.75) is 38.5 Å². The van der Waals surface area contributed by atoms with Gasteiger partial charge in [-0.25, -0.2) is 0 Å². The molecular formula is C23H24O5. The lowest BCUT2D eigenvalue weighted by Gasteiger charge is -2.40. The van der Waals surface area contributed by atoms with Crippen LogP contribution in [-0.4, -0.2) is 30.9 Å². The van der Waals surface area contributed by atoms with Crippen molar-refractivity contribution in [2.24, 2.45) is 0 Å². The average molecular weight is 380 g/mol. The second kappa shape index (κ2) is 7.97. The Bertz CT molecular complexity index is 897. The summed E-state index contributed by atoms with van der Waals surface area (Å²) in [7, 11) is 0. The summed E-state index contributed by atoms with van der Waals surface area (Å²) in [5.74, 6) is -2.17. The summed E-state index contributed by atoms with van der Waals surface area (Å²) in [6, 6.07) is 14.3. The first-order valence-corrected chi connectivity index (χ1v) is 9.50. The van der Waals surface area contributed by atoms with Crippen molar-refractivity contribution in [1.29, 1.82) is 0 Å². The molecule has 5 heteroatoms. The lowest BCUT2D eigenvalue weighted by molar-refractivity contribution is -0.166. The van der Waals surface area contributed by atoms with Gasteiger partial charge in [-0.2, -0.15) is 0 Å². The van der Waals surface area contributed by atoms with Gasteiger partial charge in [-0.3, -0.25) is 14.4 Å². The maximum Gasteiger partial charge on any atom is 0.328 e. The molecule has 0 spiro atoms. The predicted octanol–water partition coefficient (Wildman–Crippen LogP) is 3.73. The highest BCUT2D eigenvalue weighted by molar-refractivity contribution is 6.14. The summed E-state index contributed by atoms with van der Waals surface area (Å²) in [5, 5.41) is 0. The normalized spacial score (nSPS) is 17.5. The minimum Gasteiger partial charge on any atom is -0.465 e. The summed E-state index contributed by atoms with van der Waals surface area (Å²) in [5.41, 5.74) is 0.723. The van der Waals surface area contributed by atoms with Gasteiger partial charge in [0.2, 0.25) is 0 Å². The molecule has 0 fully saturated rings. The number of ether oxygens (including phenoxy) is 2. The molecule has 0 saturated heterocycles. The minimum atomic E-state index is -1.72. The topological polar surface area (TPSA) is 69.7 Å². The Labute approximate surface area is 164 Å². The maximum absolute atomic E-state index is 13.3. The summed E-state index contributed by atoms with van der Waals surface area (Å²) in [6.07, 6.45) is 0.0259. The van der Waals surface area contributed by atoms with Gasteiger partial charge in [0.05, 0.1) is 13.2 Å². The molecular weight excluding hydrogens is 356 g/mol. The van der Waals surface area contributed by atoms with E-state index in [1.807, 2.05) is 31.2 Å². The van der Waals surface area contributed by atoms with Gasteiger partial charge in [0, 0.05) is 17.9 Å². The van der Waals surface area contributed by atoms with Crippen LogP contribution in [0.2, 0.25) is 0 Å². The third-order valence-corrected chi connectivity index (χ3v) is 5.20. The van der Waals surface area contributed by atoms with E-state index < -0.39 is 23.3 Å². The highest BCUT2D eigenvalue weighted by atomic mass is 16.6. The molecule has 0 aliphatic heterocycles. The van der Waals surface area contributed by atoms with Gasteiger partial charge < -0.3 is 9.47 Å². The Balaban J connectivity index is 2.34. The van der Waals surface area contributed by atoms with E-state index in [1.54, 1.807) is 38.1 Å². The van der Waals surface area contributed by atoms with E-state index in [4.69, 9.17) is 9.47 Å². The fourth-order valence-electron chi connectivity index (χ4n) is 4.04. The number of benzene rings is 2. The van der Waals surface area contributed by atoms with Crippen molar-refractivity contribution >= 4 is 17.7 Å². The van der Waals surface area contributed by atoms with Gasteiger partial charge in [0.15, 0.2) is 11.2 Å². The number of fused-ring (bicyclic) bond motifs is 1. The van der Waals surface area contributed by atoms with Crippen LogP contribution in [0.4, 0.5) is 0 Å². The van der Waals surface area contributed by atoms with Crippen molar-refractivity contribution < 1.29 is 23.9 Å². The third-order valence-electron chi connectivity index (χ3n) is 5.20. The van der Waals surface area contributed by atoms with Gasteiger partial charge >= 0.3 is 11.9 Å². The molecule has 0 aromatic heterocycles. The fraction of sp³-hybridized carbons (Fsp3) is 0.348. The molecule has 0 bridgehead atoms. The molecule has 0 radical (unpaired) electrons. The Hall–Kier alpha value is -2.95. The van der Waals surface area contributed by atoms with E-state index in [0.29, 0.717) is 11.1 Å². The van der Waals surface area contributed by atoms with Crippen LogP contribution in [0, 0.1) is 6.92 Å². The van der Waals surface area contributed by atoms with Crippen molar-refractivity contribution in [1.82, 2.24) is 0 Å². The summed E-state index contributed by atoms with van der Waals surface area (Å²) in [6.45, 7) is 5.56. The van der Waals surface area contributed by atoms with Gasteiger partial charge in [0.25, 0.3) is 0 Å². The summed E-state index contributed by atoms with van der Waals surface area (Å²) in [4.78, 5) is 39.6. The van der Waals surface area contributed by atoms with Crippen LogP contribution in [0.3, 0.4) is 0 Å². The van der Waals surface area contributed by atoms with Crippen LogP contribution in [0.25, 0.3) is 0 Å². The largest absolute Gasteiger partial charge is 0.465 e. The molecule has 1 unspecified atom stereocenters. The fourth-order valence-corrected chi connectivity index (χ4v) is 4.04. The first kappa shape index (κ1) is 19.8. The SMILES string of the molecule is CCOC(=O)C1(C(=O)OCC)c2ccccc2C(=O)CC1c1cccc(C)c1. The molecule has 5 nitrogen and oxygen atoms in total. The van der Waals surface area contributed by atoms with Crippen molar-refractivity contribution in [3.8, 4) is 0 Å². The molecule has 2 aromatic carbocycles. The standard InChI is InChI=1S/C23H24O5/c1-4-27-21(25)23(22(26)28-5-2)18-12-7-6-11-17(18)20(24)14-19(23)16-10-8-9-15(3)13-16/h6-13,19H,4-5,14H2,1-3H3.